The van der Waals surface area contributed by atoms with Gasteiger partial charge in [-0.25, -0.2) is 0 Å². The molecule has 1 rings (SSSR count). The summed E-state index contributed by atoms with van der Waals surface area (Å²) in [5, 5.41) is 9.28. The Morgan fingerprint density at radius 1 is 1.50 bits per heavy atom. The molecule has 6 heteroatoms. The number of unbranched alkanes of at least 4 members (excludes halogenated alkanes) is 1. The normalized spacial score (nSPS) is 22.3. The van der Waals surface area contributed by atoms with E-state index in [1.54, 1.807) is 13.1 Å². The molecule has 1 fully saturated rings. The summed E-state index contributed by atoms with van der Waals surface area (Å²) in [6.45, 7) is 4.53. The van der Waals surface area contributed by atoms with Crippen molar-refractivity contribution in [1.82, 2.24) is 8.61 Å². The molecule has 1 N–H and O–H groups in total. The fourth-order valence-electron chi connectivity index (χ4n) is 2.21. The average Bonchev–Trinajstić information content (AvgIpc) is 2.38. The van der Waals surface area contributed by atoms with Gasteiger partial charge >= 0.3 is 0 Å². The van der Waals surface area contributed by atoms with Crippen LogP contribution < -0.4 is 0 Å². The topological polar surface area (TPSA) is 60.9 Å². The summed E-state index contributed by atoms with van der Waals surface area (Å²) in [4.78, 5) is 0. The van der Waals surface area contributed by atoms with Crippen LogP contribution in [-0.4, -0.2) is 54.9 Å². The molecule has 0 aromatic rings. The van der Waals surface area contributed by atoms with Crippen molar-refractivity contribution in [3.8, 4) is 0 Å². The summed E-state index contributed by atoms with van der Waals surface area (Å²) in [5.74, 6) is 0. The first-order chi connectivity index (χ1) is 8.54. The second-order valence-corrected chi connectivity index (χ2v) is 6.69. The molecule has 1 unspecified atom stereocenters. The lowest BCUT2D eigenvalue weighted by Gasteiger charge is -2.36. The molecule has 0 spiro atoms. The standard InChI is InChI=1S/C12H24N2O3S/c1-3-4-6-9-13(2)18(16,17)14-10-7-5-8-12(14)11-15/h3,12,15H,1,4-11H2,2H3. The smallest absolute Gasteiger partial charge is 0.282 e. The number of piperidine rings is 1. The molecule has 18 heavy (non-hydrogen) atoms. The number of nitrogens with zero attached hydrogens (tertiary/aromatic N) is 2. The lowest BCUT2D eigenvalue weighted by molar-refractivity contribution is 0.149. The van der Waals surface area contributed by atoms with Crippen molar-refractivity contribution >= 4 is 10.2 Å². The van der Waals surface area contributed by atoms with Gasteiger partial charge in [0.05, 0.1) is 6.61 Å². The van der Waals surface area contributed by atoms with Crippen LogP contribution in [0.15, 0.2) is 12.7 Å². The van der Waals surface area contributed by atoms with Crippen molar-refractivity contribution in [2.75, 3.05) is 26.7 Å². The number of hydrogen-bond acceptors (Lipinski definition) is 3. The highest BCUT2D eigenvalue weighted by atomic mass is 32.2. The maximum absolute atomic E-state index is 12.4. The fourth-order valence-corrected chi connectivity index (χ4v) is 3.84. The SMILES string of the molecule is C=CCCCN(C)S(=O)(=O)N1CCCCC1CO. The maximum Gasteiger partial charge on any atom is 0.282 e. The van der Waals surface area contributed by atoms with E-state index in [2.05, 4.69) is 6.58 Å². The highest BCUT2D eigenvalue weighted by Crippen LogP contribution is 2.21. The minimum Gasteiger partial charge on any atom is -0.395 e. The molecule has 0 saturated carbocycles. The van der Waals surface area contributed by atoms with Gasteiger partial charge in [0.1, 0.15) is 0 Å². The largest absolute Gasteiger partial charge is 0.395 e. The first-order valence-corrected chi connectivity index (χ1v) is 7.88. The van der Waals surface area contributed by atoms with E-state index in [0.717, 1.165) is 32.1 Å². The third-order valence-electron chi connectivity index (χ3n) is 3.36. The molecule has 1 aliphatic rings. The molecule has 1 saturated heterocycles. The summed E-state index contributed by atoms with van der Waals surface area (Å²) in [7, 11) is -1.83. The van der Waals surface area contributed by atoms with Crippen LogP contribution in [0, 0.1) is 0 Å². The molecule has 5 nitrogen and oxygen atoms in total. The molecule has 0 aromatic heterocycles. The molecule has 0 bridgehead atoms. The third kappa shape index (κ3) is 3.78. The van der Waals surface area contributed by atoms with Gasteiger partial charge in [-0.3, -0.25) is 0 Å². The summed E-state index contributed by atoms with van der Waals surface area (Å²) < 4.78 is 27.6. The van der Waals surface area contributed by atoms with Crippen molar-refractivity contribution in [3.05, 3.63) is 12.7 Å². The first-order valence-electron chi connectivity index (χ1n) is 6.49. The van der Waals surface area contributed by atoms with E-state index in [9.17, 15) is 13.5 Å². The zero-order valence-electron chi connectivity index (χ0n) is 11.1. The van der Waals surface area contributed by atoms with Crippen molar-refractivity contribution in [1.29, 1.82) is 0 Å². The molecular weight excluding hydrogens is 252 g/mol. The maximum atomic E-state index is 12.4. The van der Waals surface area contributed by atoms with Crippen LogP contribution in [0.2, 0.25) is 0 Å². The Labute approximate surface area is 110 Å². The Morgan fingerprint density at radius 3 is 2.83 bits per heavy atom. The van der Waals surface area contributed by atoms with Crippen LogP contribution in [0.5, 0.6) is 0 Å². The van der Waals surface area contributed by atoms with Gasteiger partial charge < -0.3 is 5.11 Å². The Morgan fingerprint density at radius 2 is 2.22 bits per heavy atom. The molecule has 1 atom stereocenters. The second-order valence-electron chi connectivity index (χ2n) is 4.70. The van der Waals surface area contributed by atoms with Crippen molar-refractivity contribution < 1.29 is 13.5 Å². The highest BCUT2D eigenvalue weighted by Gasteiger charge is 2.34. The van der Waals surface area contributed by atoms with Crippen molar-refractivity contribution in [3.63, 3.8) is 0 Å². The number of aliphatic hydroxyl groups excluding tert-OH is 1. The Kier molecular flexibility index (Phi) is 6.28. The van der Waals surface area contributed by atoms with E-state index in [1.807, 2.05) is 0 Å². The van der Waals surface area contributed by atoms with Crippen LogP contribution in [0.25, 0.3) is 0 Å². The predicted octanol–water partition coefficient (Wildman–Crippen LogP) is 0.976. The molecule has 0 aliphatic carbocycles. The average molecular weight is 276 g/mol. The number of hydrogen-bond donors (Lipinski definition) is 1. The number of allylic oxidation sites excluding steroid dienone is 1. The molecule has 1 aliphatic heterocycles. The van der Waals surface area contributed by atoms with Crippen LogP contribution in [0.4, 0.5) is 0 Å². The zero-order chi connectivity index (χ0) is 13.6. The van der Waals surface area contributed by atoms with Gasteiger partial charge in [-0.15, -0.1) is 6.58 Å². The fraction of sp³-hybridized carbons (Fsp3) is 0.833. The molecule has 1 heterocycles. The van der Waals surface area contributed by atoms with Gasteiger partial charge in [-0.1, -0.05) is 12.5 Å². The summed E-state index contributed by atoms with van der Waals surface area (Å²) in [6, 6.07) is -0.259. The van der Waals surface area contributed by atoms with Crippen LogP contribution in [0.1, 0.15) is 32.1 Å². The third-order valence-corrected chi connectivity index (χ3v) is 5.40. The van der Waals surface area contributed by atoms with Gasteiger partial charge in [0.2, 0.25) is 0 Å². The summed E-state index contributed by atoms with van der Waals surface area (Å²) >= 11 is 0. The zero-order valence-corrected chi connectivity index (χ0v) is 11.9. The van der Waals surface area contributed by atoms with Crippen LogP contribution in [0.3, 0.4) is 0 Å². The molecular formula is C12H24N2O3S. The van der Waals surface area contributed by atoms with E-state index >= 15 is 0 Å². The van der Waals surface area contributed by atoms with E-state index in [4.69, 9.17) is 0 Å². The van der Waals surface area contributed by atoms with Gasteiger partial charge in [0.15, 0.2) is 0 Å². The Hall–Kier alpha value is -0.430. The minimum absolute atomic E-state index is 0.0975. The number of aliphatic hydroxyl groups is 1. The van der Waals surface area contributed by atoms with E-state index in [1.165, 1.54) is 8.61 Å². The first kappa shape index (κ1) is 15.6. The minimum atomic E-state index is -3.43. The Bertz CT molecular complexity index is 356. The Balaban J connectivity index is 2.67. The monoisotopic (exact) mass is 276 g/mol. The van der Waals surface area contributed by atoms with Crippen molar-refractivity contribution in [2.45, 2.75) is 38.1 Å². The van der Waals surface area contributed by atoms with Gasteiger partial charge in [0, 0.05) is 26.2 Å². The lowest BCUT2D eigenvalue weighted by Crippen LogP contribution is -2.51. The van der Waals surface area contributed by atoms with E-state index in [0.29, 0.717) is 13.1 Å². The van der Waals surface area contributed by atoms with Crippen LogP contribution in [-0.2, 0) is 10.2 Å². The van der Waals surface area contributed by atoms with Crippen molar-refractivity contribution in [2.24, 2.45) is 0 Å². The number of rotatable bonds is 7. The van der Waals surface area contributed by atoms with E-state index < -0.39 is 10.2 Å². The molecule has 0 aromatic carbocycles. The second kappa shape index (κ2) is 7.23. The van der Waals surface area contributed by atoms with Crippen LogP contribution >= 0.6 is 0 Å². The lowest BCUT2D eigenvalue weighted by atomic mass is 10.1. The summed E-state index contributed by atoms with van der Waals surface area (Å²) in [5.41, 5.74) is 0. The quantitative estimate of drug-likeness (QED) is 0.557. The predicted molar refractivity (Wildman–Crippen MR) is 72.4 cm³/mol. The van der Waals surface area contributed by atoms with Gasteiger partial charge in [-0.05, 0) is 25.7 Å². The van der Waals surface area contributed by atoms with E-state index in [-0.39, 0.29) is 12.6 Å². The van der Waals surface area contributed by atoms with Gasteiger partial charge in [-0.2, -0.15) is 17.0 Å². The summed E-state index contributed by atoms with van der Waals surface area (Å²) in [6.07, 6.45) is 5.97. The molecule has 0 radical (unpaired) electrons. The molecule has 106 valence electrons. The highest BCUT2D eigenvalue weighted by molar-refractivity contribution is 7.86. The molecule has 0 amide bonds. The van der Waals surface area contributed by atoms with Gasteiger partial charge in [0.25, 0.3) is 10.2 Å².